The summed E-state index contributed by atoms with van der Waals surface area (Å²) in [6, 6.07) is 18.3. The van der Waals surface area contributed by atoms with Crippen LogP contribution in [0, 0.1) is 5.82 Å². The zero-order chi connectivity index (χ0) is 16.1. The molecule has 3 rings (SSSR count). The maximum atomic E-state index is 13.5. The Balaban J connectivity index is 0.00000208. The number of hydrogen-bond donors (Lipinski definition) is 1. The lowest BCUT2D eigenvalue weighted by Gasteiger charge is -2.04. The minimum Gasteiger partial charge on any atom is -0.460 e. The molecule has 0 fully saturated rings. The maximum Gasteiger partial charge on any atom is 0.135 e. The van der Waals surface area contributed by atoms with Crippen LogP contribution >= 0.6 is 24.0 Å². The van der Waals surface area contributed by atoms with Gasteiger partial charge in [-0.05, 0) is 48.9 Å². The fourth-order valence-corrected chi connectivity index (χ4v) is 2.64. The number of furan rings is 1. The number of rotatable bonds is 6. The first-order chi connectivity index (χ1) is 11.2. The van der Waals surface area contributed by atoms with E-state index in [0.717, 1.165) is 22.6 Å². The topological polar surface area (TPSA) is 25.2 Å². The highest BCUT2D eigenvalue weighted by Crippen LogP contribution is 2.28. The number of hydrogen-bond acceptors (Lipinski definition) is 2. The van der Waals surface area contributed by atoms with E-state index in [1.165, 1.54) is 6.07 Å². The van der Waals surface area contributed by atoms with Crippen LogP contribution in [-0.4, -0.2) is 6.54 Å². The highest BCUT2D eigenvalue weighted by molar-refractivity contribution is 6.33. The van der Waals surface area contributed by atoms with Crippen molar-refractivity contribution < 1.29 is 8.81 Å². The minimum absolute atomic E-state index is 0. The third-order valence-corrected chi connectivity index (χ3v) is 3.96. The fourth-order valence-electron chi connectivity index (χ4n) is 2.41. The van der Waals surface area contributed by atoms with E-state index in [-0.39, 0.29) is 18.2 Å². The zero-order valence-corrected chi connectivity index (χ0v) is 14.5. The smallest absolute Gasteiger partial charge is 0.135 e. The summed E-state index contributed by atoms with van der Waals surface area (Å²) in [5, 5.41) is 3.93. The predicted molar refractivity (Wildman–Crippen MR) is 98.2 cm³/mol. The van der Waals surface area contributed by atoms with Crippen LogP contribution in [0.15, 0.2) is 65.1 Å². The Bertz CT molecular complexity index is 788. The van der Waals surface area contributed by atoms with E-state index in [2.05, 4.69) is 5.32 Å². The summed E-state index contributed by atoms with van der Waals surface area (Å²) in [5.41, 5.74) is 1.60. The second-order valence-electron chi connectivity index (χ2n) is 5.26. The van der Waals surface area contributed by atoms with Crippen LogP contribution in [0.3, 0.4) is 0 Å². The van der Waals surface area contributed by atoms with Crippen molar-refractivity contribution in [3.8, 4) is 11.3 Å². The molecule has 1 N–H and O–H groups in total. The number of nitrogens with one attached hydrogen (secondary N) is 1. The van der Waals surface area contributed by atoms with Gasteiger partial charge in [0.15, 0.2) is 0 Å². The summed E-state index contributed by atoms with van der Waals surface area (Å²) in [4.78, 5) is 0. The number of benzene rings is 2. The summed E-state index contributed by atoms with van der Waals surface area (Å²) in [6.07, 6.45) is 0.644. The maximum absolute atomic E-state index is 13.5. The molecule has 0 saturated carbocycles. The van der Waals surface area contributed by atoms with Gasteiger partial charge in [0.1, 0.15) is 17.3 Å². The van der Waals surface area contributed by atoms with Crippen LogP contribution in [0.1, 0.15) is 11.3 Å². The van der Waals surface area contributed by atoms with Crippen LogP contribution in [0.4, 0.5) is 4.39 Å². The summed E-state index contributed by atoms with van der Waals surface area (Å²) in [7, 11) is 0. The van der Waals surface area contributed by atoms with Gasteiger partial charge in [-0.3, -0.25) is 0 Å². The van der Waals surface area contributed by atoms with E-state index >= 15 is 0 Å². The van der Waals surface area contributed by atoms with Gasteiger partial charge in [0, 0.05) is 5.56 Å². The van der Waals surface area contributed by atoms with E-state index in [4.69, 9.17) is 16.0 Å². The molecular weight excluding hydrogens is 348 g/mol. The molecule has 0 amide bonds. The van der Waals surface area contributed by atoms with Crippen LogP contribution in [0.5, 0.6) is 0 Å². The molecule has 24 heavy (non-hydrogen) atoms. The molecule has 1 aromatic heterocycles. The van der Waals surface area contributed by atoms with Crippen molar-refractivity contribution in [1.29, 1.82) is 0 Å². The Morgan fingerprint density at radius 1 is 0.958 bits per heavy atom. The molecular formula is C19H18Cl2FNO. The molecule has 1 heterocycles. The second-order valence-corrected chi connectivity index (χ2v) is 5.67. The largest absolute Gasteiger partial charge is 0.460 e. The summed E-state index contributed by atoms with van der Waals surface area (Å²) < 4.78 is 19.3. The van der Waals surface area contributed by atoms with Gasteiger partial charge in [-0.1, -0.05) is 41.9 Å². The van der Waals surface area contributed by atoms with Gasteiger partial charge in [0.2, 0.25) is 0 Å². The summed E-state index contributed by atoms with van der Waals surface area (Å²) in [6.45, 7) is 1.28. The lowest BCUT2D eigenvalue weighted by atomic mass is 10.1. The molecule has 0 atom stereocenters. The molecule has 0 radical (unpaired) electrons. The fraction of sp³-hybridized carbons (Fsp3) is 0.158. The summed E-state index contributed by atoms with van der Waals surface area (Å²) in [5.74, 6) is 1.42. The normalized spacial score (nSPS) is 10.4. The van der Waals surface area contributed by atoms with Crippen molar-refractivity contribution in [2.45, 2.75) is 13.0 Å². The standard InChI is InChI=1S/C19H17ClFNO.ClH/c20-17-7-3-2-6-16(17)19-10-9-15(23-19)13-22-12-11-14-5-1-4-8-18(14)21;/h1-10,22H,11-13H2;1H. The molecule has 0 bridgehead atoms. The molecule has 3 aromatic rings. The first-order valence-electron chi connectivity index (χ1n) is 7.52. The monoisotopic (exact) mass is 365 g/mol. The molecule has 126 valence electrons. The Labute approximate surface area is 152 Å². The first kappa shape index (κ1) is 18.5. The lowest BCUT2D eigenvalue weighted by Crippen LogP contribution is -2.16. The lowest BCUT2D eigenvalue weighted by molar-refractivity contribution is 0.493. The van der Waals surface area contributed by atoms with Gasteiger partial charge in [-0.2, -0.15) is 0 Å². The van der Waals surface area contributed by atoms with Crippen LogP contribution in [0.2, 0.25) is 5.02 Å². The molecule has 0 saturated heterocycles. The molecule has 5 heteroatoms. The van der Waals surface area contributed by atoms with E-state index in [0.29, 0.717) is 24.5 Å². The van der Waals surface area contributed by atoms with Gasteiger partial charge in [-0.25, -0.2) is 4.39 Å². The van der Waals surface area contributed by atoms with Gasteiger partial charge in [0.25, 0.3) is 0 Å². The number of halogens is 3. The van der Waals surface area contributed by atoms with Gasteiger partial charge < -0.3 is 9.73 Å². The van der Waals surface area contributed by atoms with Gasteiger partial charge in [0.05, 0.1) is 11.6 Å². The molecule has 0 aliphatic carbocycles. The Kier molecular flexibility index (Phi) is 6.85. The highest BCUT2D eigenvalue weighted by Gasteiger charge is 2.08. The molecule has 2 nitrogen and oxygen atoms in total. The quantitative estimate of drug-likeness (QED) is 0.584. The van der Waals surface area contributed by atoms with Crippen molar-refractivity contribution in [2.75, 3.05) is 6.54 Å². The third kappa shape index (κ3) is 4.60. The first-order valence-corrected chi connectivity index (χ1v) is 7.89. The van der Waals surface area contributed by atoms with E-state index < -0.39 is 0 Å². The van der Waals surface area contributed by atoms with Crippen molar-refractivity contribution in [2.24, 2.45) is 0 Å². The molecule has 0 aliphatic heterocycles. The second kappa shape index (κ2) is 8.88. The van der Waals surface area contributed by atoms with Gasteiger partial charge in [-0.15, -0.1) is 12.4 Å². The van der Waals surface area contributed by atoms with E-state index in [1.807, 2.05) is 42.5 Å². The third-order valence-electron chi connectivity index (χ3n) is 3.63. The average molecular weight is 366 g/mol. The Morgan fingerprint density at radius 2 is 1.71 bits per heavy atom. The van der Waals surface area contributed by atoms with Crippen molar-refractivity contribution in [1.82, 2.24) is 5.32 Å². The SMILES string of the molecule is Cl.Fc1ccccc1CCNCc1ccc(-c2ccccc2Cl)o1. The van der Waals surface area contributed by atoms with E-state index in [9.17, 15) is 4.39 Å². The summed E-state index contributed by atoms with van der Waals surface area (Å²) >= 11 is 6.17. The Hall–Kier alpha value is -1.81. The molecule has 0 unspecified atom stereocenters. The Morgan fingerprint density at radius 3 is 2.50 bits per heavy atom. The van der Waals surface area contributed by atoms with Crippen LogP contribution < -0.4 is 5.32 Å². The van der Waals surface area contributed by atoms with Crippen molar-refractivity contribution in [3.63, 3.8) is 0 Å². The zero-order valence-electron chi connectivity index (χ0n) is 13.0. The predicted octanol–water partition coefficient (Wildman–Crippen LogP) is 5.49. The van der Waals surface area contributed by atoms with Gasteiger partial charge >= 0.3 is 0 Å². The van der Waals surface area contributed by atoms with Crippen molar-refractivity contribution in [3.05, 3.63) is 82.8 Å². The molecule has 0 aliphatic rings. The molecule has 2 aromatic carbocycles. The van der Waals surface area contributed by atoms with Crippen LogP contribution in [-0.2, 0) is 13.0 Å². The minimum atomic E-state index is -0.159. The van der Waals surface area contributed by atoms with Crippen LogP contribution in [0.25, 0.3) is 11.3 Å². The average Bonchev–Trinajstić information content (AvgIpc) is 3.02. The van der Waals surface area contributed by atoms with Crippen molar-refractivity contribution >= 4 is 24.0 Å². The molecule has 0 spiro atoms. The highest BCUT2D eigenvalue weighted by atomic mass is 35.5. The van der Waals surface area contributed by atoms with E-state index in [1.54, 1.807) is 12.1 Å².